The van der Waals surface area contributed by atoms with Crippen LogP contribution in [0.4, 0.5) is 0 Å². The number of amides is 2. The largest absolute Gasteiger partial charge is 0.354 e. The van der Waals surface area contributed by atoms with Crippen LogP contribution in [0.3, 0.4) is 0 Å². The van der Waals surface area contributed by atoms with Crippen molar-refractivity contribution in [2.45, 2.75) is 50.7 Å². The van der Waals surface area contributed by atoms with Crippen LogP contribution in [-0.4, -0.2) is 40.9 Å². The molecule has 1 aromatic heterocycles. The van der Waals surface area contributed by atoms with Crippen LogP contribution in [0, 0.1) is 6.92 Å². The van der Waals surface area contributed by atoms with Gasteiger partial charge in [-0.2, -0.15) is 0 Å². The second kappa shape index (κ2) is 12.8. The first-order valence-electron chi connectivity index (χ1n) is 9.54. The Balaban J connectivity index is 1.45. The summed E-state index contributed by atoms with van der Waals surface area (Å²) in [5.74, 6) is 1.29. The molecule has 0 aliphatic carbocycles. The van der Waals surface area contributed by atoms with Crippen molar-refractivity contribution >= 4 is 39.5 Å². The third-order valence-electron chi connectivity index (χ3n) is 4.22. The summed E-state index contributed by atoms with van der Waals surface area (Å²) in [7, 11) is 3.96. The van der Waals surface area contributed by atoms with E-state index in [2.05, 4.69) is 15.6 Å². The van der Waals surface area contributed by atoms with Crippen LogP contribution in [0.2, 0.25) is 0 Å². The van der Waals surface area contributed by atoms with Crippen LogP contribution in [0.1, 0.15) is 49.8 Å². The molecular formula is C20H29N3O2S2. The van der Waals surface area contributed by atoms with E-state index in [0.717, 1.165) is 29.3 Å². The minimum atomic E-state index is -0.0486. The van der Waals surface area contributed by atoms with Gasteiger partial charge in [0.15, 0.2) is 0 Å². The molecule has 1 atom stereocenters. The third kappa shape index (κ3) is 9.86. The molecule has 2 amide bonds. The van der Waals surface area contributed by atoms with Gasteiger partial charge in [0, 0.05) is 48.8 Å². The highest BCUT2D eigenvalue weighted by Gasteiger charge is 2.15. The molecule has 5 nitrogen and oxygen atoms in total. The van der Waals surface area contributed by atoms with Gasteiger partial charge in [0.1, 0.15) is 0 Å². The van der Waals surface area contributed by atoms with E-state index in [1.54, 1.807) is 6.20 Å². The number of pyridine rings is 1. The molecule has 0 saturated carbocycles. The maximum atomic E-state index is 11.8. The van der Waals surface area contributed by atoms with Crippen LogP contribution in [0.15, 0.2) is 24.4 Å². The summed E-state index contributed by atoms with van der Waals surface area (Å²) in [6.45, 7) is 2.88. The molecule has 0 unspecified atom stereocenters. The Morgan fingerprint density at radius 3 is 2.74 bits per heavy atom. The molecule has 0 radical (unpaired) electrons. The molecule has 1 aliphatic heterocycles. The molecule has 2 heterocycles. The van der Waals surface area contributed by atoms with E-state index in [-0.39, 0.29) is 11.8 Å². The van der Waals surface area contributed by atoms with Crippen molar-refractivity contribution in [2.24, 2.45) is 0 Å². The molecule has 1 saturated heterocycles. The first-order chi connectivity index (χ1) is 13.1. The summed E-state index contributed by atoms with van der Waals surface area (Å²) in [5, 5.41) is 6.46. The summed E-state index contributed by atoms with van der Waals surface area (Å²) in [6, 6.07) is 3.91. The summed E-state index contributed by atoms with van der Waals surface area (Å²) >= 11 is 0. The predicted molar refractivity (Wildman–Crippen MR) is 116 cm³/mol. The lowest BCUT2D eigenvalue weighted by atomic mass is 10.1. The van der Waals surface area contributed by atoms with E-state index < -0.39 is 0 Å². The fourth-order valence-corrected chi connectivity index (χ4v) is 5.69. The van der Waals surface area contributed by atoms with Gasteiger partial charge in [-0.25, -0.2) is 0 Å². The highest BCUT2D eigenvalue weighted by atomic mass is 33.1. The Kier molecular flexibility index (Phi) is 10.4. The van der Waals surface area contributed by atoms with Crippen molar-refractivity contribution in [2.75, 3.05) is 18.8 Å². The van der Waals surface area contributed by atoms with Gasteiger partial charge in [0.2, 0.25) is 11.8 Å². The number of carbonyl (C=O) groups excluding carboxylic acids is 2. The quantitative estimate of drug-likeness (QED) is 0.432. The van der Waals surface area contributed by atoms with Crippen molar-refractivity contribution in [3.8, 4) is 0 Å². The number of aryl methyl sites for hydroxylation is 1. The van der Waals surface area contributed by atoms with Crippen LogP contribution < -0.4 is 10.6 Å². The average Bonchev–Trinajstić information content (AvgIpc) is 3.17. The molecule has 1 fully saturated rings. The van der Waals surface area contributed by atoms with Gasteiger partial charge < -0.3 is 10.6 Å². The standard InChI is InChI=1S/C20H29N3O2S2/c1-16-9-10-17(15-23-16)5-4-8-20(25)22-13-12-21-19(24)7-3-2-6-18-11-14-26-27-18/h4-5,9-10,15,18H,2-3,6-8,11-14H2,1H3,(H,21,24)(H,22,25)/b5-4+/t18-/m1/s1. The predicted octanol–water partition coefficient (Wildman–Crippen LogP) is 3.74. The average molecular weight is 408 g/mol. The maximum absolute atomic E-state index is 11.8. The van der Waals surface area contributed by atoms with E-state index in [1.807, 2.05) is 52.8 Å². The minimum Gasteiger partial charge on any atom is -0.354 e. The second-order valence-electron chi connectivity index (χ2n) is 6.61. The first-order valence-corrected chi connectivity index (χ1v) is 11.9. The van der Waals surface area contributed by atoms with E-state index >= 15 is 0 Å². The number of hydrogen-bond donors (Lipinski definition) is 2. The maximum Gasteiger partial charge on any atom is 0.223 e. The molecule has 0 spiro atoms. The van der Waals surface area contributed by atoms with E-state index in [0.29, 0.717) is 25.9 Å². The van der Waals surface area contributed by atoms with Crippen LogP contribution in [0.25, 0.3) is 6.08 Å². The number of aromatic nitrogens is 1. The molecule has 0 bridgehead atoms. The van der Waals surface area contributed by atoms with Crippen molar-refractivity contribution in [1.82, 2.24) is 15.6 Å². The molecule has 148 valence electrons. The molecule has 1 aromatic rings. The second-order valence-corrected chi connectivity index (χ2v) is 9.40. The zero-order valence-corrected chi connectivity index (χ0v) is 17.5. The molecule has 1 aliphatic rings. The molecular weight excluding hydrogens is 378 g/mol. The van der Waals surface area contributed by atoms with Gasteiger partial charge in [0.25, 0.3) is 0 Å². The summed E-state index contributed by atoms with van der Waals surface area (Å²) in [6.07, 6.45) is 11.0. The van der Waals surface area contributed by atoms with Crippen molar-refractivity contribution < 1.29 is 9.59 Å². The molecule has 27 heavy (non-hydrogen) atoms. The lowest BCUT2D eigenvalue weighted by Crippen LogP contribution is -2.34. The fraction of sp³-hybridized carbons (Fsp3) is 0.550. The first kappa shape index (κ1) is 21.8. The van der Waals surface area contributed by atoms with Crippen molar-refractivity contribution in [1.29, 1.82) is 0 Å². The highest BCUT2D eigenvalue weighted by molar-refractivity contribution is 8.77. The topological polar surface area (TPSA) is 71.1 Å². The molecule has 0 aromatic carbocycles. The van der Waals surface area contributed by atoms with E-state index in [1.165, 1.54) is 18.6 Å². The summed E-state index contributed by atoms with van der Waals surface area (Å²) in [4.78, 5) is 27.8. The number of nitrogens with zero attached hydrogens (tertiary/aromatic N) is 1. The van der Waals surface area contributed by atoms with Gasteiger partial charge >= 0.3 is 0 Å². The van der Waals surface area contributed by atoms with Gasteiger partial charge in [0.05, 0.1) is 0 Å². The lowest BCUT2D eigenvalue weighted by Gasteiger charge is -2.08. The van der Waals surface area contributed by atoms with E-state index in [9.17, 15) is 9.59 Å². The van der Waals surface area contributed by atoms with Gasteiger partial charge in [-0.15, -0.1) is 0 Å². The highest BCUT2D eigenvalue weighted by Crippen LogP contribution is 2.39. The third-order valence-corrected chi connectivity index (χ3v) is 7.23. The smallest absolute Gasteiger partial charge is 0.223 e. The van der Waals surface area contributed by atoms with Crippen LogP contribution in [-0.2, 0) is 9.59 Å². The number of unbranched alkanes of at least 4 members (excludes halogenated alkanes) is 1. The monoisotopic (exact) mass is 407 g/mol. The van der Waals surface area contributed by atoms with Crippen LogP contribution in [0.5, 0.6) is 0 Å². The Labute approximate surface area is 169 Å². The molecule has 7 heteroatoms. The molecule has 2 N–H and O–H groups in total. The number of hydrogen-bond acceptors (Lipinski definition) is 5. The Morgan fingerprint density at radius 1 is 1.22 bits per heavy atom. The number of rotatable bonds is 11. The lowest BCUT2D eigenvalue weighted by molar-refractivity contribution is -0.122. The zero-order chi connectivity index (χ0) is 19.3. The van der Waals surface area contributed by atoms with Gasteiger partial charge in [-0.1, -0.05) is 46.2 Å². The Hall–Kier alpha value is -1.47. The minimum absolute atomic E-state index is 0.0486. The summed E-state index contributed by atoms with van der Waals surface area (Å²) in [5.41, 5.74) is 1.95. The summed E-state index contributed by atoms with van der Waals surface area (Å²) < 4.78 is 0. The van der Waals surface area contributed by atoms with Gasteiger partial charge in [-0.05, 0) is 37.8 Å². The SMILES string of the molecule is Cc1ccc(/C=C/CC(=O)NCCNC(=O)CCCC[C@@H]2CCSS2)cn1. The molecule has 2 rings (SSSR count). The normalized spacial score (nSPS) is 16.6. The number of carbonyl (C=O) groups is 2. The zero-order valence-electron chi connectivity index (χ0n) is 15.9. The Morgan fingerprint density at radius 2 is 2.04 bits per heavy atom. The van der Waals surface area contributed by atoms with Gasteiger partial charge in [-0.3, -0.25) is 14.6 Å². The van der Waals surface area contributed by atoms with E-state index in [4.69, 9.17) is 0 Å². The fourth-order valence-electron chi connectivity index (χ4n) is 2.67. The van der Waals surface area contributed by atoms with Crippen LogP contribution >= 0.6 is 21.6 Å². The Bertz CT molecular complexity index is 614. The number of nitrogens with one attached hydrogen (secondary N) is 2. The van der Waals surface area contributed by atoms with Crippen molar-refractivity contribution in [3.05, 3.63) is 35.7 Å². The van der Waals surface area contributed by atoms with Crippen molar-refractivity contribution in [3.63, 3.8) is 0 Å².